The van der Waals surface area contributed by atoms with Crippen LogP contribution in [-0.2, 0) is 9.53 Å². The molecule has 7 nitrogen and oxygen atoms in total. The van der Waals surface area contributed by atoms with Gasteiger partial charge >= 0.3 is 6.03 Å². The lowest BCUT2D eigenvalue weighted by molar-refractivity contribution is -0.122. The minimum Gasteiger partial charge on any atom is -0.381 e. The Morgan fingerprint density at radius 1 is 1.08 bits per heavy atom. The summed E-state index contributed by atoms with van der Waals surface area (Å²) in [6, 6.07) is 0.965. The molecule has 3 fully saturated rings. The third-order valence-corrected chi connectivity index (χ3v) is 5.56. The van der Waals surface area contributed by atoms with Gasteiger partial charge in [-0.25, -0.2) is 4.79 Å². The monoisotopic (exact) mass is 352 g/mol. The maximum absolute atomic E-state index is 12.2. The van der Waals surface area contributed by atoms with Crippen molar-refractivity contribution in [3.8, 4) is 0 Å². The van der Waals surface area contributed by atoms with Gasteiger partial charge in [0.2, 0.25) is 5.91 Å². The maximum Gasteiger partial charge on any atom is 0.319 e. The Labute approximate surface area is 150 Å². The molecule has 0 aromatic rings. The third-order valence-electron chi connectivity index (χ3n) is 5.56. The van der Waals surface area contributed by atoms with E-state index < -0.39 is 0 Å². The maximum atomic E-state index is 12.2. The molecular weight excluding hydrogens is 320 g/mol. The predicted octanol–water partition coefficient (Wildman–Crippen LogP) is 0.750. The van der Waals surface area contributed by atoms with Gasteiger partial charge in [-0.2, -0.15) is 0 Å². The molecule has 142 valence electrons. The Morgan fingerprint density at radius 3 is 2.44 bits per heavy atom. The first kappa shape index (κ1) is 18.5. The molecule has 1 aliphatic carbocycles. The van der Waals surface area contributed by atoms with E-state index in [0.717, 1.165) is 65.0 Å². The lowest BCUT2D eigenvalue weighted by atomic mass is 10.0. The van der Waals surface area contributed by atoms with Crippen molar-refractivity contribution in [3.63, 3.8) is 0 Å². The second-order valence-corrected chi connectivity index (χ2v) is 7.71. The Kier molecular flexibility index (Phi) is 6.17. The van der Waals surface area contributed by atoms with Gasteiger partial charge in [0.1, 0.15) is 0 Å². The van der Waals surface area contributed by atoms with Crippen LogP contribution in [0.15, 0.2) is 0 Å². The second-order valence-electron chi connectivity index (χ2n) is 7.71. The highest BCUT2D eigenvalue weighted by Gasteiger charge is 2.35. The van der Waals surface area contributed by atoms with Crippen LogP contribution in [0.25, 0.3) is 0 Å². The van der Waals surface area contributed by atoms with Crippen molar-refractivity contribution in [3.05, 3.63) is 0 Å². The number of likely N-dealkylation sites (tertiary alicyclic amines) is 1. The number of carbonyl (C=O) groups is 2. The fraction of sp³-hybridized carbons (Fsp3) is 0.889. The van der Waals surface area contributed by atoms with Crippen molar-refractivity contribution in [2.45, 2.75) is 44.2 Å². The topological polar surface area (TPSA) is 65.1 Å². The normalized spacial score (nSPS) is 24.6. The standard InChI is InChI=1S/C18H32N4O3/c1-20(2)18(24)21-9-5-16(13-21)22(15-6-11-25-12-7-15)10-8-19-17(23)14-3-4-14/h14-16H,3-13H2,1-2H3,(H,19,23). The zero-order chi connectivity index (χ0) is 17.8. The summed E-state index contributed by atoms with van der Waals surface area (Å²) in [6.45, 7) is 4.77. The molecular formula is C18H32N4O3. The largest absolute Gasteiger partial charge is 0.381 e. The van der Waals surface area contributed by atoms with E-state index in [-0.39, 0.29) is 17.9 Å². The summed E-state index contributed by atoms with van der Waals surface area (Å²) >= 11 is 0. The lowest BCUT2D eigenvalue weighted by Crippen LogP contribution is -2.50. The van der Waals surface area contributed by atoms with E-state index in [2.05, 4.69) is 10.2 Å². The Balaban J connectivity index is 1.55. The molecule has 1 N–H and O–H groups in total. The first-order valence-corrected chi connectivity index (χ1v) is 9.63. The fourth-order valence-electron chi connectivity index (χ4n) is 3.95. The van der Waals surface area contributed by atoms with Gasteiger partial charge < -0.3 is 19.9 Å². The molecule has 0 radical (unpaired) electrons. The van der Waals surface area contributed by atoms with Crippen LogP contribution in [0.3, 0.4) is 0 Å². The number of carbonyl (C=O) groups excluding carboxylic acids is 2. The Morgan fingerprint density at radius 2 is 1.80 bits per heavy atom. The van der Waals surface area contributed by atoms with Crippen LogP contribution in [0, 0.1) is 5.92 Å². The van der Waals surface area contributed by atoms with E-state index >= 15 is 0 Å². The van der Waals surface area contributed by atoms with Gasteiger partial charge in [-0.3, -0.25) is 9.69 Å². The average molecular weight is 352 g/mol. The Hall–Kier alpha value is -1.34. The van der Waals surface area contributed by atoms with Crippen LogP contribution in [-0.4, -0.2) is 92.2 Å². The summed E-state index contributed by atoms with van der Waals surface area (Å²) < 4.78 is 5.52. The van der Waals surface area contributed by atoms with Crippen molar-refractivity contribution >= 4 is 11.9 Å². The quantitative estimate of drug-likeness (QED) is 0.766. The van der Waals surface area contributed by atoms with Crippen molar-refractivity contribution < 1.29 is 14.3 Å². The molecule has 25 heavy (non-hydrogen) atoms. The molecule has 7 heteroatoms. The molecule has 3 rings (SSSR count). The number of hydrogen-bond acceptors (Lipinski definition) is 4. The number of rotatable bonds is 6. The van der Waals surface area contributed by atoms with Gasteiger partial charge in [0, 0.05) is 71.5 Å². The lowest BCUT2D eigenvalue weighted by Gasteiger charge is -2.38. The molecule has 1 saturated carbocycles. The van der Waals surface area contributed by atoms with Crippen LogP contribution in [0.4, 0.5) is 4.79 Å². The van der Waals surface area contributed by atoms with E-state index in [9.17, 15) is 9.59 Å². The molecule has 2 aliphatic heterocycles. The number of nitrogens with one attached hydrogen (secondary N) is 1. The summed E-state index contributed by atoms with van der Waals surface area (Å²) in [7, 11) is 3.61. The second kappa shape index (κ2) is 8.36. The molecule has 2 heterocycles. The van der Waals surface area contributed by atoms with E-state index in [1.54, 1.807) is 19.0 Å². The first-order valence-electron chi connectivity index (χ1n) is 9.63. The van der Waals surface area contributed by atoms with Gasteiger partial charge in [-0.05, 0) is 32.1 Å². The molecule has 0 aromatic carbocycles. The van der Waals surface area contributed by atoms with Crippen LogP contribution >= 0.6 is 0 Å². The molecule has 3 aliphatic rings. The van der Waals surface area contributed by atoms with Crippen molar-refractivity contribution in [1.82, 2.24) is 20.0 Å². The molecule has 3 amide bonds. The average Bonchev–Trinajstić information content (AvgIpc) is 3.36. The van der Waals surface area contributed by atoms with Crippen LogP contribution < -0.4 is 5.32 Å². The van der Waals surface area contributed by atoms with Gasteiger partial charge in [-0.15, -0.1) is 0 Å². The van der Waals surface area contributed by atoms with Crippen LogP contribution in [0.1, 0.15) is 32.1 Å². The minimum absolute atomic E-state index is 0.0939. The van der Waals surface area contributed by atoms with E-state index in [4.69, 9.17) is 4.74 Å². The highest BCUT2D eigenvalue weighted by Crippen LogP contribution is 2.28. The van der Waals surface area contributed by atoms with Crippen molar-refractivity contribution in [2.24, 2.45) is 5.92 Å². The SMILES string of the molecule is CN(C)C(=O)N1CCC(N(CCNC(=O)C2CC2)C2CCOCC2)C1. The summed E-state index contributed by atoms with van der Waals surface area (Å²) in [4.78, 5) is 30.2. The summed E-state index contributed by atoms with van der Waals surface area (Å²) in [5.41, 5.74) is 0. The van der Waals surface area contributed by atoms with Crippen LogP contribution in [0.5, 0.6) is 0 Å². The van der Waals surface area contributed by atoms with Gasteiger partial charge in [0.15, 0.2) is 0 Å². The van der Waals surface area contributed by atoms with E-state index in [1.807, 2.05) is 4.90 Å². The Bertz CT molecular complexity index is 475. The highest BCUT2D eigenvalue weighted by molar-refractivity contribution is 5.80. The highest BCUT2D eigenvalue weighted by atomic mass is 16.5. The van der Waals surface area contributed by atoms with Gasteiger partial charge in [0.05, 0.1) is 0 Å². The van der Waals surface area contributed by atoms with Crippen molar-refractivity contribution in [1.29, 1.82) is 0 Å². The number of urea groups is 1. The summed E-state index contributed by atoms with van der Waals surface area (Å²) in [5, 5.41) is 3.09. The number of amides is 3. The molecule has 0 bridgehead atoms. The van der Waals surface area contributed by atoms with E-state index in [0.29, 0.717) is 18.6 Å². The number of ether oxygens (including phenoxy) is 1. The minimum atomic E-state index is 0.0939. The fourth-order valence-corrected chi connectivity index (χ4v) is 3.95. The summed E-state index contributed by atoms with van der Waals surface area (Å²) in [6.07, 6.45) is 5.16. The zero-order valence-corrected chi connectivity index (χ0v) is 15.6. The molecule has 1 atom stereocenters. The third kappa shape index (κ3) is 4.85. The summed E-state index contributed by atoms with van der Waals surface area (Å²) in [5.74, 6) is 0.471. The number of hydrogen-bond donors (Lipinski definition) is 1. The van der Waals surface area contributed by atoms with Crippen LogP contribution in [0.2, 0.25) is 0 Å². The first-order chi connectivity index (χ1) is 12.1. The zero-order valence-electron chi connectivity index (χ0n) is 15.6. The smallest absolute Gasteiger partial charge is 0.319 e. The van der Waals surface area contributed by atoms with Gasteiger partial charge in [-0.1, -0.05) is 0 Å². The van der Waals surface area contributed by atoms with Crippen molar-refractivity contribution in [2.75, 3.05) is 53.5 Å². The number of nitrogens with zero attached hydrogens (tertiary/aromatic N) is 3. The van der Waals surface area contributed by atoms with Gasteiger partial charge in [0.25, 0.3) is 0 Å². The molecule has 0 aromatic heterocycles. The molecule has 2 saturated heterocycles. The molecule has 1 unspecified atom stereocenters. The molecule has 0 spiro atoms. The predicted molar refractivity (Wildman–Crippen MR) is 95.3 cm³/mol. The van der Waals surface area contributed by atoms with E-state index in [1.165, 1.54) is 0 Å².